The maximum Gasteiger partial charge on any atom is 0.252 e. The van der Waals surface area contributed by atoms with Crippen LogP contribution in [0.3, 0.4) is 0 Å². The molecule has 0 fully saturated rings. The van der Waals surface area contributed by atoms with Crippen molar-refractivity contribution >= 4 is 79.0 Å². The van der Waals surface area contributed by atoms with Crippen LogP contribution in [0.2, 0.25) is 0 Å². The van der Waals surface area contributed by atoms with Crippen molar-refractivity contribution in [2.24, 2.45) is 0 Å². The van der Waals surface area contributed by atoms with Crippen molar-refractivity contribution in [3.63, 3.8) is 0 Å². The second-order valence-corrected chi connectivity index (χ2v) is 38.2. The lowest BCUT2D eigenvalue weighted by Gasteiger charge is -2.46. The van der Waals surface area contributed by atoms with E-state index in [-0.39, 0.29) is 67.6 Å². The van der Waals surface area contributed by atoms with E-state index in [9.17, 15) is 5.48 Å². The Morgan fingerprint density at radius 2 is 0.691 bits per heavy atom. The van der Waals surface area contributed by atoms with E-state index in [1.165, 1.54) is 38.6 Å². The lowest BCUT2D eigenvalue weighted by molar-refractivity contribution is 0.569. The van der Waals surface area contributed by atoms with Crippen LogP contribution in [-0.2, 0) is 37.9 Å². The Morgan fingerprint density at radius 3 is 1.14 bits per heavy atom. The van der Waals surface area contributed by atoms with Gasteiger partial charge in [0.25, 0.3) is 6.71 Å². The third-order valence-corrected chi connectivity index (χ3v) is 23.0. The molecule has 4 nitrogen and oxygen atoms in total. The fourth-order valence-electron chi connectivity index (χ4n) is 16.5. The van der Waals surface area contributed by atoms with Crippen molar-refractivity contribution in [2.75, 3.05) is 9.80 Å². The summed E-state index contributed by atoms with van der Waals surface area (Å²) in [5.41, 5.74) is 29.4. The van der Waals surface area contributed by atoms with Gasteiger partial charge in [-0.15, -0.1) is 0 Å². The van der Waals surface area contributed by atoms with Gasteiger partial charge in [-0.1, -0.05) is 321 Å². The Bertz CT molecular complexity index is 6070. The second-order valence-electron chi connectivity index (χ2n) is 38.2. The minimum Gasteiger partial charge on any atom is -0.310 e. The summed E-state index contributed by atoms with van der Waals surface area (Å²) in [6.07, 6.45) is 0. The molecular weight excluding hydrogens is 1330 g/mol. The van der Waals surface area contributed by atoms with Crippen LogP contribution in [-0.4, -0.2) is 16.3 Å². The lowest BCUT2D eigenvalue weighted by Crippen LogP contribution is -2.61. The summed E-state index contributed by atoms with van der Waals surface area (Å²) in [5, 5.41) is 2.39. The summed E-state index contributed by atoms with van der Waals surface area (Å²) >= 11 is 0. The van der Waals surface area contributed by atoms with Crippen LogP contribution in [0.4, 0.5) is 34.1 Å². The number of hydrogen-bond acceptors (Lipinski definition) is 3. The number of anilines is 6. The van der Waals surface area contributed by atoms with Gasteiger partial charge in [0.2, 0.25) is 0 Å². The number of hydrogen-bond donors (Lipinski definition) is 0. The van der Waals surface area contributed by atoms with Gasteiger partial charge in [0, 0.05) is 72.6 Å². The molecule has 16 rings (SSSR count). The molecule has 0 N–H and O–H groups in total. The first-order valence-electron chi connectivity index (χ1n) is 42.0. The van der Waals surface area contributed by atoms with Gasteiger partial charge in [-0.05, 0) is 212 Å². The molecule has 14 aromatic rings. The Hall–Kier alpha value is -10.7. The quantitative estimate of drug-likeness (QED) is 0.135. The number of benzene rings is 12. The molecule has 0 bridgehead atoms. The molecule has 0 atom stereocenters. The van der Waals surface area contributed by atoms with Gasteiger partial charge in [0.1, 0.15) is 0 Å². The Kier molecular flexibility index (Phi) is 16.2. The Morgan fingerprint density at radius 1 is 0.291 bits per heavy atom. The number of aromatic nitrogens is 2. The maximum atomic E-state index is 9.78. The van der Waals surface area contributed by atoms with Crippen molar-refractivity contribution in [1.29, 1.82) is 0 Å². The van der Waals surface area contributed by atoms with Crippen LogP contribution >= 0.6 is 0 Å². The highest BCUT2D eigenvalue weighted by molar-refractivity contribution is 7.00. The second kappa shape index (κ2) is 26.5. The standard InChI is InChI=1S/C105H107BN4/c1-99(2,3)73-46-51-89-83(59-73)84-60-74(100(4,5)6)47-52-90(84)108(89)79-48-50-87-92(65-79)110(98-82(69-41-32-25-33-42-69)63-78(104(16,17)18)64-85(98)88-43-34-44-95(107-88)105(19,20)21)94-57-72(71-53-75(101(7,8)9)58-76(54-71)102(10,11)12)56-93-96(94)106(87)86-49-45-70(66-35-26-22-27-36-66)55-91(86)109(93)97-80(67-37-28-23-29-38-67)61-77(103(13,14)15)62-81(97)68-39-30-24-31-40-68/h22-65H,1-21H3/i22D,26D,27D,35D,36D. The summed E-state index contributed by atoms with van der Waals surface area (Å²) in [6.45, 7) is 47.9. The van der Waals surface area contributed by atoms with Crippen molar-refractivity contribution in [1.82, 2.24) is 9.55 Å². The minimum absolute atomic E-state index is 0.120. The maximum absolute atomic E-state index is 9.78. The van der Waals surface area contributed by atoms with E-state index < -0.39 is 12.8 Å². The summed E-state index contributed by atoms with van der Waals surface area (Å²) in [6, 6.07) is 87.2. The van der Waals surface area contributed by atoms with E-state index in [1.54, 1.807) is 0 Å². The van der Waals surface area contributed by atoms with Crippen molar-refractivity contribution < 1.29 is 6.85 Å². The molecule has 0 saturated heterocycles. The Labute approximate surface area is 663 Å². The zero-order valence-electron chi connectivity index (χ0n) is 73.4. The highest BCUT2D eigenvalue weighted by Gasteiger charge is 2.47. The molecule has 2 aliphatic heterocycles. The van der Waals surface area contributed by atoms with Gasteiger partial charge in [-0.25, -0.2) is 0 Å². The molecule has 2 aliphatic rings. The molecule has 0 amide bonds. The van der Waals surface area contributed by atoms with Crippen LogP contribution in [0, 0.1) is 0 Å². The van der Waals surface area contributed by atoms with Crippen LogP contribution < -0.4 is 26.2 Å². The number of rotatable bonds is 9. The lowest BCUT2D eigenvalue weighted by atomic mass is 9.33. The van der Waals surface area contributed by atoms with Crippen molar-refractivity contribution in [2.45, 2.75) is 183 Å². The topological polar surface area (TPSA) is 24.3 Å². The van der Waals surface area contributed by atoms with Gasteiger partial charge in [-0.3, -0.25) is 4.98 Å². The van der Waals surface area contributed by atoms with E-state index >= 15 is 0 Å². The smallest absolute Gasteiger partial charge is 0.252 e. The fourth-order valence-corrected chi connectivity index (χ4v) is 16.5. The summed E-state index contributed by atoms with van der Waals surface area (Å²) in [5.74, 6) is 0. The van der Waals surface area contributed by atoms with Crippen LogP contribution in [0.1, 0.15) is 191 Å². The molecule has 550 valence electrons. The number of fused-ring (bicyclic) bond motifs is 7. The monoisotopic (exact) mass is 1440 g/mol. The summed E-state index contributed by atoms with van der Waals surface area (Å²) in [4.78, 5) is 11.0. The minimum atomic E-state index is -0.485. The molecule has 0 spiro atoms. The number of nitrogens with zero attached hydrogens (tertiary/aromatic N) is 4. The fraction of sp³-hybridized carbons (Fsp3) is 0.267. The third kappa shape index (κ3) is 13.2. The van der Waals surface area contributed by atoms with Gasteiger partial charge in [0.05, 0.1) is 35.0 Å². The highest BCUT2D eigenvalue weighted by Crippen LogP contribution is 2.56. The van der Waals surface area contributed by atoms with Crippen LogP contribution in [0.25, 0.3) is 94.4 Å². The first-order valence-corrected chi connectivity index (χ1v) is 39.5. The molecule has 12 aromatic carbocycles. The zero-order valence-corrected chi connectivity index (χ0v) is 68.4. The number of pyridine rings is 1. The normalized spacial score (nSPS) is 14.1. The van der Waals surface area contributed by atoms with Crippen LogP contribution in [0.15, 0.2) is 267 Å². The Balaban J connectivity index is 1.16. The first-order chi connectivity index (χ1) is 54.0. The largest absolute Gasteiger partial charge is 0.310 e. The third-order valence-electron chi connectivity index (χ3n) is 23.0. The van der Waals surface area contributed by atoms with Crippen molar-refractivity contribution in [3.8, 4) is 72.6 Å². The molecule has 5 heteroatoms. The molecule has 0 radical (unpaired) electrons. The summed E-state index contributed by atoms with van der Waals surface area (Å²) in [7, 11) is 0. The van der Waals surface area contributed by atoms with Gasteiger partial charge in [-0.2, -0.15) is 0 Å². The SMILES string of the molecule is [2H]c1c([2H])c([2H])c(-c2ccc3c(c2)N(c2c(-c4ccccc4)cc(C(C)(C)C)cc2-c2ccccc2)c2cc(-c4cc(C(C)(C)C)cc(C(C)(C)C)c4)cc4c2B3c2ccc(-n3c5ccc(C(C)(C)C)cc5c5cc(C(C)(C)C)ccc53)cc2N4c2c(-c3ccccc3)cc(C(C)(C)C)cc2-c2cccc(C(C)(C)C)n2)c([2H])c1[2H]. The van der Waals surface area contributed by atoms with E-state index in [2.05, 4.69) is 390 Å². The molecule has 0 unspecified atom stereocenters. The molecule has 110 heavy (non-hydrogen) atoms. The van der Waals surface area contributed by atoms with Gasteiger partial charge < -0.3 is 14.4 Å². The van der Waals surface area contributed by atoms with Crippen molar-refractivity contribution in [3.05, 3.63) is 306 Å². The van der Waals surface area contributed by atoms with Gasteiger partial charge in [0.15, 0.2) is 0 Å². The molecule has 0 aliphatic carbocycles. The average molecular weight is 1440 g/mol. The predicted octanol–water partition coefficient (Wildman–Crippen LogP) is 27.3. The van der Waals surface area contributed by atoms with E-state index in [0.29, 0.717) is 5.56 Å². The zero-order chi connectivity index (χ0) is 82.0. The average Bonchev–Trinajstić information content (AvgIpc) is 0.736. The van der Waals surface area contributed by atoms with E-state index in [1.807, 2.05) is 6.07 Å². The molecule has 0 saturated carbocycles. The van der Waals surface area contributed by atoms with E-state index in [4.69, 9.17) is 6.35 Å². The predicted molar refractivity (Wildman–Crippen MR) is 476 cm³/mol. The first kappa shape index (κ1) is 67.4. The van der Waals surface area contributed by atoms with Gasteiger partial charge >= 0.3 is 0 Å². The molecular formula is C105H107BN4. The van der Waals surface area contributed by atoms with Crippen LogP contribution in [0.5, 0.6) is 0 Å². The highest BCUT2D eigenvalue weighted by atomic mass is 15.2. The molecule has 4 heterocycles. The summed E-state index contributed by atoms with van der Waals surface area (Å²) < 4.78 is 49.5. The molecule has 2 aromatic heterocycles. The van der Waals surface area contributed by atoms with E-state index in [0.717, 1.165) is 134 Å².